The fraction of sp³-hybridized carbons (Fsp3) is 0.250. The number of hydrogen-bond acceptors (Lipinski definition) is 4. The Bertz CT molecular complexity index is 839. The number of rotatable bonds is 5. The fourth-order valence-electron chi connectivity index (χ4n) is 3.14. The molecular weight excluding hydrogens is 351 g/mol. The molecule has 27 heavy (non-hydrogen) atoms. The van der Waals surface area contributed by atoms with Crippen LogP contribution in [0.25, 0.3) is 0 Å². The Balaban J connectivity index is 1.87. The average Bonchev–Trinajstić information content (AvgIpc) is 2.99. The number of carbonyl (C=O) groups excluding carboxylic acids is 3. The van der Waals surface area contributed by atoms with Gasteiger partial charge in [-0.3, -0.25) is 15.0 Å². The summed E-state index contributed by atoms with van der Waals surface area (Å²) in [6.07, 6.45) is 0.0667. The van der Waals surface area contributed by atoms with Crippen molar-refractivity contribution in [3.8, 4) is 0 Å². The lowest BCUT2D eigenvalue weighted by Crippen LogP contribution is -2.52. The zero-order valence-corrected chi connectivity index (χ0v) is 14.7. The molecule has 2 amide bonds. The van der Waals surface area contributed by atoms with Gasteiger partial charge in [-0.15, -0.1) is 0 Å². The van der Waals surface area contributed by atoms with E-state index in [4.69, 9.17) is 4.74 Å². The molecule has 1 saturated heterocycles. The number of carbonyl (C=O) groups is 3. The number of halogens is 1. The van der Waals surface area contributed by atoms with Crippen LogP contribution in [-0.4, -0.2) is 35.4 Å². The molecular formula is C20H19FN2O4. The summed E-state index contributed by atoms with van der Waals surface area (Å²) in [5.74, 6) is -2.50. The first kappa shape index (κ1) is 18.6. The minimum absolute atomic E-state index is 0.0667. The molecule has 2 aromatic carbocycles. The van der Waals surface area contributed by atoms with Gasteiger partial charge in [-0.25, -0.2) is 14.2 Å². The lowest BCUT2D eigenvalue weighted by Gasteiger charge is -2.26. The first-order chi connectivity index (χ1) is 13.0. The molecule has 6 nitrogen and oxygen atoms in total. The van der Waals surface area contributed by atoms with Gasteiger partial charge in [-0.1, -0.05) is 30.3 Å². The van der Waals surface area contributed by atoms with Gasteiger partial charge < -0.3 is 4.74 Å². The quantitative estimate of drug-likeness (QED) is 0.820. The van der Waals surface area contributed by atoms with E-state index in [1.54, 1.807) is 6.92 Å². The Morgan fingerprint density at radius 2 is 1.81 bits per heavy atom. The topological polar surface area (TPSA) is 75.7 Å². The Hall–Kier alpha value is -3.22. The molecule has 140 valence electrons. The van der Waals surface area contributed by atoms with E-state index in [9.17, 15) is 18.8 Å². The summed E-state index contributed by atoms with van der Waals surface area (Å²) in [6.45, 7) is 1.83. The molecule has 0 bridgehead atoms. The molecule has 0 saturated carbocycles. The van der Waals surface area contributed by atoms with Crippen molar-refractivity contribution in [1.29, 1.82) is 0 Å². The monoisotopic (exact) mass is 370 g/mol. The highest BCUT2D eigenvalue weighted by Gasteiger charge is 2.47. The molecule has 2 atom stereocenters. The minimum Gasteiger partial charge on any atom is -0.464 e. The van der Waals surface area contributed by atoms with Gasteiger partial charge in [0.1, 0.15) is 5.82 Å². The third-order valence-electron chi connectivity index (χ3n) is 4.41. The molecule has 1 aliphatic heterocycles. The van der Waals surface area contributed by atoms with Crippen molar-refractivity contribution in [1.82, 2.24) is 10.4 Å². The number of esters is 1. The third kappa shape index (κ3) is 3.97. The van der Waals surface area contributed by atoms with Gasteiger partial charge >= 0.3 is 5.97 Å². The highest BCUT2D eigenvalue weighted by atomic mass is 19.1. The zero-order chi connectivity index (χ0) is 19.4. The van der Waals surface area contributed by atoms with Crippen molar-refractivity contribution in [2.24, 2.45) is 0 Å². The first-order valence-corrected chi connectivity index (χ1v) is 8.61. The molecule has 3 rings (SSSR count). The van der Waals surface area contributed by atoms with E-state index in [1.165, 1.54) is 12.1 Å². The lowest BCUT2D eigenvalue weighted by atomic mass is 9.92. The van der Waals surface area contributed by atoms with Crippen LogP contribution in [0.15, 0.2) is 54.6 Å². The van der Waals surface area contributed by atoms with Crippen LogP contribution in [0.1, 0.15) is 35.2 Å². The summed E-state index contributed by atoms with van der Waals surface area (Å²) >= 11 is 0. The SMILES string of the molecule is CCOC(=O)[C@H]1[C@H](c2ccccc2)CC(=O)N1NC(=O)c1ccc(F)cc1. The fourth-order valence-corrected chi connectivity index (χ4v) is 3.14. The Morgan fingerprint density at radius 1 is 1.15 bits per heavy atom. The van der Waals surface area contributed by atoms with E-state index < -0.39 is 35.6 Å². The molecule has 0 unspecified atom stereocenters. The van der Waals surface area contributed by atoms with Gasteiger partial charge in [0.25, 0.3) is 5.91 Å². The molecule has 1 fully saturated rings. The second-order valence-corrected chi connectivity index (χ2v) is 6.13. The molecule has 7 heteroatoms. The van der Waals surface area contributed by atoms with E-state index in [0.717, 1.165) is 22.7 Å². The number of hydrogen-bond donors (Lipinski definition) is 1. The molecule has 0 aromatic heterocycles. The van der Waals surface area contributed by atoms with Gasteiger partial charge in [-0.2, -0.15) is 0 Å². The normalized spacial score (nSPS) is 19.0. The van der Waals surface area contributed by atoms with Gasteiger partial charge in [-0.05, 0) is 36.8 Å². The molecule has 1 N–H and O–H groups in total. The molecule has 0 radical (unpaired) electrons. The van der Waals surface area contributed by atoms with Crippen molar-refractivity contribution >= 4 is 17.8 Å². The summed E-state index contributed by atoms with van der Waals surface area (Å²) in [6, 6.07) is 13.1. The number of amides is 2. The van der Waals surface area contributed by atoms with Crippen molar-refractivity contribution < 1.29 is 23.5 Å². The minimum atomic E-state index is -0.968. The lowest BCUT2D eigenvalue weighted by molar-refractivity contribution is -0.153. The van der Waals surface area contributed by atoms with Crippen molar-refractivity contribution in [2.75, 3.05) is 6.61 Å². The van der Waals surface area contributed by atoms with E-state index in [0.29, 0.717) is 0 Å². The number of benzene rings is 2. The van der Waals surface area contributed by atoms with Crippen LogP contribution in [0.4, 0.5) is 4.39 Å². The van der Waals surface area contributed by atoms with E-state index in [1.807, 2.05) is 30.3 Å². The molecule has 1 heterocycles. The predicted octanol–water partition coefficient (Wildman–Crippen LogP) is 2.42. The Labute approximate surface area is 155 Å². The second-order valence-electron chi connectivity index (χ2n) is 6.13. The van der Waals surface area contributed by atoms with Crippen molar-refractivity contribution in [3.05, 3.63) is 71.5 Å². The zero-order valence-electron chi connectivity index (χ0n) is 14.7. The van der Waals surface area contributed by atoms with Gasteiger partial charge in [0.15, 0.2) is 6.04 Å². The highest BCUT2D eigenvalue weighted by Crippen LogP contribution is 2.34. The first-order valence-electron chi connectivity index (χ1n) is 8.61. The van der Waals surface area contributed by atoms with E-state index >= 15 is 0 Å². The maximum atomic E-state index is 13.1. The van der Waals surface area contributed by atoms with Crippen LogP contribution < -0.4 is 5.43 Å². The van der Waals surface area contributed by atoms with Crippen molar-refractivity contribution in [3.63, 3.8) is 0 Å². The van der Waals surface area contributed by atoms with E-state index in [2.05, 4.69) is 5.43 Å². The van der Waals surface area contributed by atoms with Gasteiger partial charge in [0.05, 0.1) is 6.61 Å². The summed E-state index contributed by atoms with van der Waals surface area (Å²) in [7, 11) is 0. The van der Waals surface area contributed by atoms with Crippen LogP contribution in [-0.2, 0) is 14.3 Å². The second kappa shape index (κ2) is 7.99. The largest absolute Gasteiger partial charge is 0.464 e. The Kier molecular flexibility index (Phi) is 5.49. The van der Waals surface area contributed by atoms with E-state index in [-0.39, 0.29) is 18.6 Å². The smallest absolute Gasteiger partial charge is 0.331 e. The maximum absolute atomic E-state index is 13.1. The van der Waals surface area contributed by atoms with Gasteiger partial charge in [0.2, 0.25) is 5.91 Å². The summed E-state index contributed by atoms with van der Waals surface area (Å²) in [4.78, 5) is 37.5. The predicted molar refractivity (Wildman–Crippen MR) is 94.9 cm³/mol. The standard InChI is InChI=1S/C20H19FN2O4/c1-2-27-20(26)18-16(13-6-4-3-5-7-13)12-17(24)23(18)22-19(25)14-8-10-15(21)11-9-14/h3-11,16,18H,2,12H2,1H3,(H,22,25)/t16-,18+/m0/s1. The number of nitrogens with one attached hydrogen (secondary N) is 1. The van der Waals surface area contributed by atoms with Crippen molar-refractivity contribution in [2.45, 2.75) is 25.3 Å². The maximum Gasteiger partial charge on any atom is 0.331 e. The average molecular weight is 370 g/mol. The number of nitrogens with zero attached hydrogens (tertiary/aromatic N) is 1. The van der Waals surface area contributed by atoms with Crippen LogP contribution in [0.5, 0.6) is 0 Å². The molecule has 0 aliphatic carbocycles. The number of hydrazine groups is 1. The van der Waals surface area contributed by atoms with Crippen LogP contribution in [0.3, 0.4) is 0 Å². The van der Waals surface area contributed by atoms with Crippen LogP contribution >= 0.6 is 0 Å². The highest BCUT2D eigenvalue weighted by molar-refractivity contribution is 5.97. The summed E-state index contributed by atoms with van der Waals surface area (Å²) in [5, 5.41) is 1.03. The molecule has 1 aliphatic rings. The number of ether oxygens (including phenoxy) is 1. The van der Waals surface area contributed by atoms with Crippen LogP contribution in [0.2, 0.25) is 0 Å². The summed E-state index contributed by atoms with van der Waals surface area (Å²) < 4.78 is 18.2. The van der Waals surface area contributed by atoms with Crippen LogP contribution in [0, 0.1) is 5.82 Å². The molecule has 0 spiro atoms. The van der Waals surface area contributed by atoms with Gasteiger partial charge in [0, 0.05) is 17.9 Å². The summed E-state index contributed by atoms with van der Waals surface area (Å²) in [5.41, 5.74) is 3.46. The third-order valence-corrected chi connectivity index (χ3v) is 4.41. The molecule has 2 aromatic rings. The Morgan fingerprint density at radius 3 is 2.44 bits per heavy atom.